The van der Waals surface area contributed by atoms with Crippen LogP contribution in [-0.4, -0.2) is 12.6 Å². The summed E-state index contributed by atoms with van der Waals surface area (Å²) in [5.74, 6) is 0. The molecule has 1 heterocycles. The highest BCUT2D eigenvalue weighted by Gasteiger charge is 2.17. The van der Waals surface area contributed by atoms with E-state index in [-0.39, 0.29) is 0 Å². The zero-order chi connectivity index (χ0) is 7.68. The maximum Gasteiger partial charge on any atom is 0.0360 e. The van der Waals surface area contributed by atoms with Crippen molar-refractivity contribution in [2.75, 3.05) is 6.54 Å². The number of hydrogen-bond acceptors (Lipinski definition) is 1. The Bertz CT molecular complexity index is 246. The zero-order valence-electron chi connectivity index (χ0n) is 6.80. The van der Waals surface area contributed by atoms with E-state index in [1.807, 2.05) is 0 Å². The van der Waals surface area contributed by atoms with Crippen LogP contribution in [0.4, 0.5) is 0 Å². The minimum Gasteiger partial charge on any atom is -0.306 e. The molecule has 1 atom stereocenters. The average molecular weight is 147 g/mol. The maximum absolute atomic E-state index is 3.46. The lowest BCUT2D eigenvalue weighted by Gasteiger charge is -2.27. The highest BCUT2D eigenvalue weighted by atomic mass is 14.9. The molecule has 0 bridgehead atoms. The molecule has 1 aliphatic heterocycles. The SMILES string of the molecule is CC1=CCNC2CC=CC=C12. The third-order valence-electron chi connectivity index (χ3n) is 2.39. The van der Waals surface area contributed by atoms with Crippen molar-refractivity contribution in [2.45, 2.75) is 19.4 Å². The number of rotatable bonds is 0. The number of allylic oxidation sites excluding steroid dienone is 2. The Morgan fingerprint density at radius 2 is 2.45 bits per heavy atom. The first-order chi connectivity index (χ1) is 5.38. The van der Waals surface area contributed by atoms with Crippen LogP contribution in [0.2, 0.25) is 0 Å². The molecular weight excluding hydrogens is 134 g/mol. The van der Waals surface area contributed by atoms with Crippen molar-refractivity contribution in [3.63, 3.8) is 0 Å². The third kappa shape index (κ3) is 1.16. The van der Waals surface area contributed by atoms with Gasteiger partial charge >= 0.3 is 0 Å². The minimum atomic E-state index is 0.588. The fourth-order valence-electron chi connectivity index (χ4n) is 1.70. The Morgan fingerprint density at radius 3 is 3.27 bits per heavy atom. The lowest BCUT2D eigenvalue weighted by Crippen LogP contribution is -2.35. The molecule has 2 aliphatic rings. The van der Waals surface area contributed by atoms with Crippen molar-refractivity contribution in [3.05, 3.63) is 35.5 Å². The second kappa shape index (κ2) is 2.67. The van der Waals surface area contributed by atoms with Crippen molar-refractivity contribution in [2.24, 2.45) is 0 Å². The fourth-order valence-corrected chi connectivity index (χ4v) is 1.70. The van der Waals surface area contributed by atoms with Crippen LogP contribution in [0, 0.1) is 0 Å². The van der Waals surface area contributed by atoms with Gasteiger partial charge in [0.1, 0.15) is 0 Å². The molecular formula is C10H13N. The highest BCUT2D eigenvalue weighted by molar-refractivity contribution is 5.41. The molecule has 0 aromatic rings. The molecule has 11 heavy (non-hydrogen) atoms. The molecule has 1 N–H and O–H groups in total. The number of hydrogen-bond donors (Lipinski definition) is 1. The van der Waals surface area contributed by atoms with Gasteiger partial charge < -0.3 is 5.32 Å². The van der Waals surface area contributed by atoms with E-state index in [1.165, 1.54) is 11.1 Å². The minimum absolute atomic E-state index is 0.588. The number of fused-ring (bicyclic) bond motifs is 1. The van der Waals surface area contributed by atoms with E-state index in [9.17, 15) is 0 Å². The smallest absolute Gasteiger partial charge is 0.0360 e. The summed E-state index contributed by atoms with van der Waals surface area (Å²) >= 11 is 0. The second-order valence-electron chi connectivity index (χ2n) is 3.13. The standard InChI is InChI=1S/C10H13N/c1-8-6-7-11-10-5-3-2-4-9(8)10/h2-4,6,10-11H,5,7H2,1H3. The van der Waals surface area contributed by atoms with E-state index < -0.39 is 0 Å². The van der Waals surface area contributed by atoms with Crippen LogP contribution in [0.1, 0.15) is 13.3 Å². The Kier molecular flexibility index (Phi) is 1.66. The molecule has 0 spiro atoms. The van der Waals surface area contributed by atoms with Crippen LogP contribution in [0.25, 0.3) is 0 Å². The van der Waals surface area contributed by atoms with Crippen LogP contribution >= 0.6 is 0 Å². The third-order valence-corrected chi connectivity index (χ3v) is 2.39. The lowest BCUT2D eigenvalue weighted by molar-refractivity contribution is 0.594. The molecule has 0 radical (unpaired) electrons. The summed E-state index contributed by atoms with van der Waals surface area (Å²) in [6, 6.07) is 0.588. The van der Waals surface area contributed by atoms with E-state index in [1.54, 1.807) is 0 Å². The van der Waals surface area contributed by atoms with E-state index in [0.717, 1.165) is 13.0 Å². The van der Waals surface area contributed by atoms with Crippen LogP contribution in [0.5, 0.6) is 0 Å². The molecule has 0 aromatic heterocycles. The highest BCUT2D eigenvalue weighted by Crippen LogP contribution is 2.22. The Morgan fingerprint density at radius 1 is 1.55 bits per heavy atom. The summed E-state index contributed by atoms with van der Waals surface area (Å²) in [6.45, 7) is 3.22. The molecule has 0 saturated carbocycles. The summed E-state index contributed by atoms with van der Waals surface area (Å²) in [7, 11) is 0. The van der Waals surface area contributed by atoms with Crippen LogP contribution < -0.4 is 5.32 Å². The van der Waals surface area contributed by atoms with Gasteiger partial charge in [-0.05, 0) is 24.5 Å². The molecule has 58 valence electrons. The molecule has 0 aromatic carbocycles. The van der Waals surface area contributed by atoms with Crippen molar-refractivity contribution >= 4 is 0 Å². The van der Waals surface area contributed by atoms with Crippen molar-refractivity contribution in [3.8, 4) is 0 Å². The quantitative estimate of drug-likeness (QED) is 0.551. The van der Waals surface area contributed by atoms with E-state index in [2.05, 4.69) is 36.5 Å². The predicted octanol–water partition coefficient (Wildman–Crippen LogP) is 1.79. The molecule has 1 unspecified atom stereocenters. The predicted molar refractivity (Wildman–Crippen MR) is 47.4 cm³/mol. The van der Waals surface area contributed by atoms with Crippen molar-refractivity contribution in [1.82, 2.24) is 5.32 Å². The summed E-state index contributed by atoms with van der Waals surface area (Å²) in [4.78, 5) is 0. The van der Waals surface area contributed by atoms with Gasteiger partial charge in [0.25, 0.3) is 0 Å². The summed E-state index contributed by atoms with van der Waals surface area (Å²) in [5, 5.41) is 3.46. The van der Waals surface area contributed by atoms with E-state index >= 15 is 0 Å². The van der Waals surface area contributed by atoms with Crippen molar-refractivity contribution in [1.29, 1.82) is 0 Å². The fraction of sp³-hybridized carbons (Fsp3) is 0.400. The topological polar surface area (TPSA) is 12.0 Å². The van der Waals surface area contributed by atoms with Gasteiger partial charge in [-0.25, -0.2) is 0 Å². The lowest BCUT2D eigenvalue weighted by atomic mass is 9.90. The first-order valence-electron chi connectivity index (χ1n) is 4.15. The summed E-state index contributed by atoms with van der Waals surface area (Å²) < 4.78 is 0. The van der Waals surface area contributed by atoms with Gasteiger partial charge in [0.2, 0.25) is 0 Å². The molecule has 1 nitrogen and oxygen atoms in total. The molecule has 0 fully saturated rings. The van der Waals surface area contributed by atoms with E-state index in [0.29, 0.717) is 6.04 Å². The van der Waals surface area contributed by atoms with Crippen LogP contribution in [-0.2, 0) is 0 Å². The zero-order valence-corrected chi connectivity index (χ0v) is 6.80. The summed E-state index contributed by atoms with van der Waals surface area (Å²) in [6.07, 6.45) is 9.99. The Hall–Kier alpha value is -0.820. The van der Waals surface area contributed by atoms with Crippen LogP contribution in [0.3, 0.4) is 0 Å². The van der Waals surface area contributed by atoms with Crippen molar-refractivity contribution < 1.29 is 0 Å². The van der Waals surface area contributed by atoms with Gasteiger partial charge in [-0.2, -0.15) is 0 Å². The molecule has 0 amide bonds. The Labute approximate surface area is 67.5 Å². The van der Waals surface area contributed by atoms with E-state index in [4.69, 9.17) is 0 Å². The van der Waals surface area contributed by atoms with Gasteiger partial charge in [0.05, 0.1) is 0 Å². The largest absolute Gasteiger partial charge is 0.306 e. The Balaban J connectivity index is 2.33. The normalized spacial score (nSPS) is 29.0. The monoisotopic (exact) mass is 147 g/mol. The number of nitrogens with one attached hydrogen (secondary N) is 1. The van der Waals surface area contributed by atoms with Gasteiger partial charge in [-0.1, -0.05) is 24.3 Å². The molecule has 2 rings (SSSR count). The molecule has 1 heteroatoms. The molecule has 1 aliphatic carbocycles. The van der Waals surface area contributed by atoms with Gasteiger partial charge in [-0.3, -0.25) is 0 Å². The van der Waals surface area contributed by atoms with Crippen LogP contribution in [0.15, 0.2) is 35.5 Å². The van der Waals surface area contributed by atoms with Gasteiger partial charge in [0, 0.05) is 12.6 Å². The van der Waals surface area contributed by atoms with Gasteiger partial charge in [0.15, 0.2) is 0 Å². The van der Waals surface area contributed by atoms with Gasteiger partial charge in [-0.15, -0.1) is 0 Å². The molecule has 0 saturated heterocycles. The average Bonchev–Trinajstić information content (AvgIpc) is 2.06. The maximum atomic E-state index is 3.46. The first-order valence-corrected chi connectivity index (χ1v) is 4.15. The second-order valence-corrected chi connectivity index (χ2v) is 3.13. The first kappa shape index (κ1) is 6.86. The summed E-state index contributed by atoms with van der Waals surface area (Å²) in [5.41, 5.74) is 2.91.